The predicted octanol–water partition coefficient (Wildman–Crippen LogP) is 2.19. The molecule has 3 aromatic rings. The van der Waals surface area contributed by atoms with Gasteiger partial charge < -0.3 is 4.90 Å². The van der Waals surface area contributed by atoms with E-state index in [0.29, 0.717) is 50.3 Å². The van der Waals surface area contributed by atoms with Crippen LogP contribution >= 0.6 is 0 Å². The number of carbonyl (C=O) groups excluding carboxylic acids is 3. The summed E-state index contributed by atoms with van der Waals surface area (Å²) in [6.45, 7) is 3.53. The van der Waals surface area contributed by atoms with Gasteiger partial charge in [0.1, 0.15) is 0 Å². The summed E-state index contributed by atoms with van der Waals surface area (Å²) in [7, 11) is 0. The van der Waals surface area contributed by atoms with E-state index in [1.807, 2.05) is 54.3 Å². The Bertz CT molecular complexity index is 1150. The zero-order valence-electron chi connectivity index (χ0n) is 19.7. The lowest BCUT2D eigenvalue weighted by Gasteiger charge is -2.31. The number of nitrogens with zero attached hydrogens (tertiary/aromatic N) is 5. The number of rotatable bonds is 7. The van der Waals surface area contributed by atoms with E-state index in [0.717, 1.165) is 17.5 Å². The lowest BCUT2D eigenvalue weighted by molar-refractivity contribution is -0.135. The number of amides is 3. The summed E-state index contributed by atoms with van der Waals surface area (Å²) in [6.07, 6.45) is 2.54. The Morgan fingerprint density at radius 2 is 1.69 bits per heavy atom. The van der Waals surface area contributed by atoms with Gasteiger partial charge in [-0.05, 0) is 42.2 Å². The van der Waals surface area contributed by atoms with Crippen LogP contribution in [-0.2, 0) is 16.1 Å². The molecule has 1 fully saturated rings. The van der Waals surface area contributed by atoms with E-state index in [9.17, 15) is 14.4 Å². The first kappa shape index (κ1) is 24.1. The van der Waals surface area contributed by atoms with Crippen molar-refractivity contribution in [3.63, 3.8) is 0 Å². The van der Waals surface area contributed by atoms with Crippen molar-refractivity contribution in [3.05, 3.63) is 65.7 Å². The number of benzene rings is 2. The summed E-state index contributed by atoms with van der Waals surface area (Å²) in [5, 5.41) is 12.6. The van der Waals surface area contributed by atoms with Crippen LogP contribution in [0.4, 0.5) is 0 Å². The van der Waals surface area contributed by atoms with Crippen molar-refractivity contribution in [2.24, 2.45) is 5.92 Å². The fraction of sp³-hybridized carbons (Fsp3) is 0.360. The van der Waals surface area contributed by atoms with Crippen LogP contribution in [0.5, 0.6) is 0 Å². The topological polar surface area (TPSA) is 122 Å². The van der Waals surface area contributed by atoms with Crippen molar-refractivity contribution in [3.8, 4) is 11.4 Å². The average Bonchev–Trinajstić information content (AvgIpc) is 3.37. The Morgan fingerprint density at radius 1 is 0.971 bits per heavy atom. The smallest absolute Gasteiger partial charge is 0.269 e. The van der Waals surface area contributed by atoms with Crippen molar-refractivity contribution in [1.29, 1.82) is 0 Å². The van der Waals surface area contributed by atoms with Gasteiger partial charge in [-0.1, -0.05) is 49.4 Å². The molecule has 2 heterocycles. The van der Waals surface area contributed by atoms with Gasteiger partial charge in [-0.2, -0.15) is 4.80 Å². The number of hydrazine groups is 1. The van der Waals surface area contributed by atoms with E-state index in [2.05, 4.69) is 26.3 Å². The second-order valence-electron chi connectivity index (χ2n) is 8.55. The standard InChI is InChI=1S/C25H29N7O3/c1-2-6-22(33)31-15-13-21(14-16-31)25(35)28-27-24(34)20-11-9-18(10-12-20)17-32-29-23(26-30-32)19-7-4-3-5-8-19/h3-5,7-12,21H,2,6,13-17H2,1H3,(H,27,34)(H,28,35). The SMILES string of the molecule is CCCC(=O)N1CCC(C(=O)NNC(=O)c2ccc(Cn3nnc(-c4ccccc4)n3)cc2)CC1. The first-order chi connectivity index (χ1) is 17.0. The van der Waals surface area contributed by atoms with Crippen LogP contribution in [0, 0.1) is 5.92 Å². The molecule has 1 saturated heterocycles. The third-order valence-corrected chi connectivity index (χ3v) is 6.01. The summed E-state index contributed by atoms with van der Waals surface area (Å²) >= 11 is 0. The largest absolute Gasteiger partial charge is 0.343 e. The van der Waals surface area contributed by atoms with Crippen molar-refractivity contribution in [2.75, 3.05) is 13.1 Å². The highest BCUT2D eigenvalue weighted by Gasteiger charge is 2.27. The molecule has 1 aliphatic heterocycles. The van der Waals surface area contributed by atoms with Crippen LogP contribution in [0.3, 0.4) is 0 Å². The molecule has 1 aliphatic rings. The summed E-state index contributed by atoms with van der Waals surface area (Å²) in [5.41, 5.74) is 7.22. The Balaban J connectivity index is 1.24. The molecule has 0 bridgehead atoms. The number of hydrogen-bond acceptors (Lipinski definition) is 6. The molecule has 182 valence electrons. The van der Waals surface area contributed by atoms with Crippen LogP contribution in [0.2, 0.25) is 0 Å². The van der Waals surface area contributed by atoms with Crippen LogP contribution in [0.25, 0.3) is 11.4 Å². The molecule has 0 spiro atoms. The van der Waals surface area contributed by atoms with E-state index in [-0.39, 0.29) is 17.7 Å². The van der Waals surface area contributed by atoms with Gasteiger partial charge in [0.15, 0.2) is 0 Å². The average molecular weight is 476 g/mol. The summed E-state index contributed by atoms with van der Waals surface area (Å²) in [6, 6.07) is 16.6. The van der Waals surface area contributed by atoms with Crippen LogP contribution in [0.15, 0.2) is 54.6 Å². The zero-order chi connectivity index (χ0) is 24.6. The number of nitrogens with one attached hydrogen (secondary N) is 2. The van der Waals surface area contributed by atoms with Crippen molar-refractivity contribution in [2.45, 2.75) is 39.2 Å². The molecule has 35 heavy (non-hydrogen) atoms. The molecule has 0 aliphatic carbocycles. The molecule has 0 atom stereocenters. The molecule has 0 saturated carbocycles. The molecule has 10 heteroatoms. The lowest BCUT2D eigenvalue weighted by Crippen LogP contribution is -2.48. The second-order valence-corrected chi connectivity index (χ2v) is 8.55. The van der Waals surface area contributed by atoms with Crippen LogP contribution < -0.4 is 10.9 Å². The molecule has 0 radical (unpaired) electrons. The minimum atomic E-state index is -0.397. The quantitative estimate of drug-likeness (QED) is 0.505. The maximum Gasteiger partial charge on any atom is 0.269 e. The zero-order valence-corrected chi connectivity index (χ0v) is 19.7. The highest BCUT2D eigenvalue weighted by molar-refractivity contribution is 5.95. The normalized spacial score (nSPS) is 13.9. The number of carbonyl (C=O) groups is 3. The highest BCUT2D eigenvalue weighted by Crippen LogP contribution is 2.18. The van der Waals surface area contributed by atoms with Gasteiger partial charge in [-0.15, -0.1) is 10.2 Å². The second kappa shape index (κ2) is 11.4. The van der Waals surface area contributed by atoms with E-state index in [1.165, 1.54) is 4.80 Å². The number of likely N-dealkylation sites (tertiary alicyclic amines) is 1. The van der Waals surface area contributed by atoms with Gasteiger partial charge >= 0.3 is 0 Å². The molecule has 0 unspecified atom stereocenters. The van der Waals surface area contributed by atoms with E-state index in [1.54, 1.807) is 12.1 Å². The third-order valence-electron chi connectivity index (χ3n) is 6.01. The number of aromatic nitrogens is 4. The van der Waals surface area contributed by atoms with E-state index < -0.39 is 5.91 Å². The maximum atomic E-state index is 12.5. The Kier molecular flexibility index (Phi) is 7.81. The molecule has 10 nitrogen and oxygen atoms in total. The Morgan fingerprint density at radius 3 is 2.37 bits per heavy atom. The van der Waals surface area contributed by atoms with Crippen molar-refractivity contribution >= 4 is 17.7 Å². The molecule has 2 aromatic carbocycles. The lowest BCUT2D eigenvalue weighted by atomic mass is 9.96. The predicted molar refractivity (Wildman–Crippen MR) is 129 cm³/mol. The monoisotopic (exact) mass is 475 g/mol. The first-order valence-electron chi connectivity index (χ1n) is 11.8. The van der Waals surface area contributed by atoms with Crippen LogP contribution in [-0.4, -0.2) is 55.9 Å². The number of hydrogen-bond donors (Lipinski definition) is 2. The number of piperidine rings is 1. The minimum Gasteiger partial charge on any atom is -0.343 e. The Labute approximate surface area is 203 Å². The third kappa shape index (κ3) is 6.28. The molecule has 2 N–H and O–H groups in total. The van der Waals surface area contributed by atoms with Crippen LogP contribution in [0.1, 0.15) is 48.5 Å². The highest BCUT2D eigenvalue weighted by atomic mass is 16.2. The van der Waals surface area contributed by atoms with Crippen molar-refractivity contribution < 1.29 is 14.4 Å². The summed E-state index contributed by atoms with van der Waals surface area (Å²) in [5.74, 6) is -0.163. The van der Waals surface area contributed by atoms with E-state index in [4.69, 9.17) is 0 Å². The molecule has 4 rings (SSSR count). The fourth-order valence-corrected chi connectivity index (χ4v) is 3.99. The first-order valence-corrected chi connectivity index (χ1v) is 11.8. The van der Waals surface area contributed by atoms with E-state index >= 15 is 0 Å². The van der Waals surface area contributed by atoms with Gasteiger partial charge in [-0.25, -0.2) is 0 Å². The molecule has 1 aromatic heterocycles. The molecule has 3 amide bonds. The van der Waals surface area contributed by atoms with Crippen molar-refractivity contribution in [1.82, 2.24) is 36.0 Å². The summed E-state index contributed by atoms with van der Waals surface area (Å²) < 4.78 is 0. The van der Waals surface area contributed by atoms with Gasteiger partial charge in [0.05, 0.1) is 6.54 Å². The van der Waals surface area contributed by atoms with Gasteiger partial charge in [-0.3, -0.25) is 25.2 Å². The van der Waals surface area contributed by atoms with Gasteiger partial charge in [0.2, 0.25) is 17.6 Å². The number of tetrazole rings is 1. The summed E-state index contributed by atoms with van der Waals surface area (Å²) in [4.78, 5) is 40.2. The Hall–Kier alpha value is -4.08. The fourth-order valence-electron chi connectivity index (χ4n) is 3.99. The van der Waals surface area contributed by atoms with Gasteiger partial charge in [0, 0.05) is 36.6 Å². The minimum absolute atomic E-state index is 0.138. The van der Waals surface area contributed by atoms with Gasteiger partial charge in [0.25, 0.3) is 5.91 Å². The molecular formula is C25H29N7O3. The molecular weight excluding hydrogens is 446 g/mol. The maximum absolute atomic E-state index is 12.5.